The zero-order chi connectivity index (χ0) is 20.8. The lowest BCUT2D eigenvalue weighted by Crippen LogP contribution is -2.21. The summed E-state index contributed by atoms with van der Waals surface area (Å²) in [7, 11) is 1.67. The lowest BCUT2D eigenvalue weighted by molar-refractivity contribution is 0.0223. The normalized spacial score (nSPS) is 12.0. The second kappa shape index (κ2) is 14.2. The second-order valence-electron chi connectivity index (χ2n) is 7.55. The van der Waals surface area contributed by atoms with Gasteiger partial charge in [-0.1, -0.05) is 52.2 Å². The highest BCUT2D eigenvalue weighted by molar-refractivity contribution is 6.03. The first kappa shape index (κ1) is 24.2. The van der Waals surface area contributed by atoms with Crippen LogP contribution in [-0.4, -0.2) is 38.4 Å². The Hall–Kier alpha value is -1.88. The van der Waals surface area contributed by atoms with Gasteiger partial charge in [-0.05, 0) is 43.7 Å². The van der Waals surface area contributed by atoms with Crippen LogP contribution < -0.4 is 0 Å². The molecule has 0 amide bonds. The van der Waals surface area contributed by atoms with Crippen LogP contribution in [0.15, 0.2) is 24.3 Å². The molecule has 5 heteroatoms. The topological polar surface area (TPSA) is 61.8 Å². The van der Waals surface area contributed by atoms with Gasteiger partial charge in [0.15, 0.2) is 0 Å². The number of esters is 2. The Bertz CT molecular complexity index is 582. The van der Waals surface area contributed by atoms with Crippen LogP contribution in [0.3, 0.4) is 0 Å². The quantitative estimate of drug-likeness (QED) is 0.312. The number of hydrogen-bond acceptors (Lipinski definition) is 5. The molecule has 0 aromatic heterocycles. The van der Waals surface area contributed by atoms with E-state index in [9.17, 15) is 9.59 Å². The molecular formula is C23H36O5. The molecule has 0 aliphatic rings. The predicted octanol–water partition coefficient (Wildman–Crippen LogP) is 5.42. The monoisotopic (exact) mass is 392 g/mol. The molecular weight excluding hydrogens is 356 g/mol. The van der Waals surface area contributed by atoms with E-state index in [-0.39, 0.29) is 23.1 Å². The molecule has 0 fully saturated rings. The number of benzene rings is 1. The highest BCUT2D eigenvalue weighted by Crippen LogP contribution is 2.18. The molecule has 1 unspecified atom stereocenters. The molecule has 5 nitrogen and oxygen atoms in total. The van der Waals surface area contributed by atoms with Gasteiger partial charge in [-0.3, -0.25) is 0 Å². The summed E-state index contributed by atoms with van der Waals surface area (Å²) in [6.07, 6.45) is 6.76. The highest BCUT2D eigenvalue weighted by atomic mass is 16.5. The number of carbonyl (C=O) groups is 2. The molecule has 0 spiro atoms. The van der Waals surface area contributed by atoms with Gasteiger partial charge < -0.3 is 14.2 Å². The fraction of sp³-hybridized carbons (Fsp3) is 0.652. The van der Waals surface area contributed by atoms with Gasteiger partial charge in [-0.15, -0.1) is 0 Å². The molecule has 0 aliphatic carbocycles. The zero-order valence-corrected chi connectivity index (χ0v) is 17.9. The molecule has 0 aliphatic heterocycles. The summed E-state index contributed by atoms with van der Waals surface area (Å²) < 4.78 is 16.2. The van der Waals surface area contributed by atoms with Crippen LogP contribution in [0, 0.1) is 5.92 Å². The molecule has 0 radical (unpaired) electrons. The Balaban J connectivity index is 2.78. The first-order valence-corrected chi connectivity index (χ1v) is 10.5. The van der Waals surface area contributed by atoms with Gasteiger partial charge in [-0.2, -0.15) is 0 Å². The minimum Gasteiger partial charge on any atom is -0.462 e. The van der Waals surface area contributed by atoms with E-state index >= 15 is 0 Å². The maximum Gasteiger partial charge on any atom is 0.339 e. The number of methoxy groups -OCH3 is 1. The van der Waals surface area contributed by atoms with E-state index in [4.69, 9.17) is 14.2 Å². The number of unbranched alkanes of at least 4 members (excludes halogenated alkanes) is 3. The van der Waals surface area contributed by atoms with E-state index in [1.807, 2.05) is 13.8 Å². The van der Waals surface area contributed by atoms with Gasteiger partial charge in [0, 0.05) is 13.7 Å². The van der Waals surface area contributed by atoms with Crippen LogP contribution in [0.4, 0.5) is 0 Å². The molecule has 28 heavy (non-hydrogen) atoms. The molecule has 0 bridgehead atoms. The molecule has 0 N–H and O–H groups in total. The van der Waals surface area contributed by atoms with Gasteiger partial charge in [0.25, 0.3) is 0 Å². The summed E-state index contributed by atoms with van der Waals surface area (Å²) in [5.41, 5.74) is 0.524. The molecule has 0 saturated carbocycles. The Labute approximate surface area is 169 Å². The standard InChI is InChI=1S/C23H36O5/c1-5-6-7-8-12-19(13-11-16-26-4)28-23(25)21-15-10-9-14-20(21)22(24)27-17-18(2)3/h9-10,14-15,18-19H,5-8,11-13,16-17H2,1-4H3. The van der Waals surface area contributed by atoms with Crippen molar-refractivity contribution in [3.63, 3.8) is 0 Å². The van der Waals surface area contributed by atoms with Gasteiger partial charge in [0.05, 0.1) is 17.7 Å². The lowest BCUT2D eigenvalue weighted by atomic mass is 10.0. The molecule has 1 aromatic carbocycles. The predicted molar refractivity (Wildman–Crippen MR) is 111 cm³/mol. The van der Waals surface area contributed by atoms with Crippen molar-refractivity contribution in [2.45, 2.75) is 71.8 Å². The van der Waals surface area contributed by atoms with Gasteiger partial charge >= 0.3 is 11.9 Å². The van der Waals surface area contributed by atoms with Crippen molar-refractivity contribution in [3.05, 3.63) is 35.4 Å². The summed E-state index contributed by atoms with van der Waals surface area (Å²) in [6.45, 7) is 7.07. The molecule has 1 atom stereocenters. The van der Waals surface area contributed by atoms with Gasteiger partial charge in [0.1, 0.15) is 6.10 Å². The maximum atomic E-state index is 12.8. The lowest BCUT2D eigenvalue weighted by Gasteiger charge is -2.19. The summed E-state index contributed by atoms with van der Waals surface area (Å²) >= 11 is 0. The first-order valence-electron chi connectivity index (χ1n) is 10.5. The molecule has 1 rings (SSSR count). The minimum atomic E-state index is -0.486. The third kappa shape index (κ3) is 9.36. The summed E-state index contributed by atoms with van der Waals surface area (Å²) in [5, 5.41) is 0. The van der Waals surface area contributed by atoms with Crippen molar-refractivity contribution >= 4 is 11.9 Å². The average molecular weight is 393 g/mol. The largest absolute Gasteiger partial charge is 0.462 e. The van der Waals surface area contributed by atoms with Crippen LogP contribution in [0.25, 0.3) is 0 Å². The smallest absolute Gasteiger partial charge is 0.339 e. The Morgan fingerprint density at radius 1 is 0.929 bits per heavy atom. The Morgan fingerprint density at radius 2 is 1.57 bits per heavy atom. The summed E-state index contributed by atoms with van der Waals surface area (Å²) in [4.78, 5) is 25.1. The van der Waals surface area contributed by atoms with Crippen molar-refractivity contribution in [3.8, 4) is 0 Å². The van der Waals surface area contributed by atoms with Crippen molar-refractivity contribution in [2.75, 3.05) is 20.3 Å². The van der Waals surface area contributed by atoms with Crippen molar-refractivity contribution < 1.29 is 23.8 Å². The zero-order valence-electron chi connectivity index (χ0n) is 17.9. The first-order chi connectivity index (χ1) is 13.5. The Kier molecular flexibility index (Phi) is 12.2. The maximum absolute atomic E-state index is 12.8. The van der Waals surface area contributed by atoms with E-state index in [1.165, 1.54) is 12.8 Å². The summed E-state index contributed by atoms with van der Waals surface area (Å²) in [5.74, 6) is -0.716. The molecule has 0 saturated heterocycles. The average Bonchev–Trinajstić information content (AvgIpc) is 2.69. The van der Waals surface area contributed by atoms with Crippen LogP contribution >= 0.6 is 0 Å². The van der Waals surface area contributed by atoms with E-state index in [0.29, 0.717) is 13.2 Å². The van der Waals surface area contributed by atoms with Gasteiger partial charge in [-0.25, -0.2) is 9.59 Å². The molecule has 1 aromatic rings. The van der Waals surface area contributed by atoms with Crippen molar-refractivity contribution in [2.24, 2.45) is 5.92 Å². The van der Waals surface area contributed by atoms with Crippen LogP contribution in [0.5, 0.6) is 0 Å². The van der Waals surface area contributed by atoms with E-state index in [0.717, 1.165) is 32.1 Å². The van der Waals surface area contributed by atoms with E-state index < -0.39 is 11.9 Å². The number of ether oxygens (including phenoxy) is 3. The SMILES string of the molecule is CCCCCCC(CCCOC)OC(=O)c1ccccc1C(=O)OCC(C)C. The van der Waals surface area contributed by atoms with Crippen LogP contribution in [0.1, 0.15) is 86.4 Å². The fourth-order valence-electron chi connectivity index (χ4n) is 2.89. The summed E-state index contributed by atoms with van der Waals surface area (Å²) in [6, 6.07) is 6.69. The van der Waals surface area contributed by atoms with Crippen LogP contribution in [-0.2, 0) is 14.2 Å². The van der Waals surface area contributed by atoms with E-state index in [1.54, 1.807) is 31.4 Å². The highest BCUT2D eigenvalue weighted by Gasteiger charge is 2.22. The fourth-order valence-corrected chi connectivity index (χ4v) is 2.89. The van der Waals surface area contributed by atoms with Crippen molar-refractivity contribution in [1.29, 1.82) is 0 Å². The number of carbonyl (C=O) groups excluding carboxylic acids is 2. The number of hydrogen-bond donors (Lipinski definition) is 0. The minimum absolute atomic E-state index is 0.167. The second-order valence-corrected chi connectivity index (χ2v) is 7.55. The van der Waals surface area contributed by atoms with E-state index in [2.05, 4.69) is 6.92 Å². The van der Waals surface area contributed by atoms with Crippen molar-refractivity contribution in [1.82, 2.24) is 0 Å². The molecule has 158 valence electrons. The molecule has 0 heterocycles. The number of rotatable bonds is 14. The Morgan fingerprint density at radius 3 is 2.18 bits per heavy atom. The van der Waals surface area contributed by atoms with Crippen LogP contribution in [0.2, 0.25) is 0 Å². The van der Waals surface area contributed by atoms with Gasteiger partial charge in [0.2, 0.25) is 0 Å². The third-order valence-corrected chi connectivity index (χ3v) is 4.44. The third-order valence-electron chi connectivity index (χ3n) is 4.44.